The summed E-state index contributed by atoms with van der Waals surface area (Å²) >= 11 is 0. The Bertz CT molecular complexity index is 400. The largest absolute Gasteiger partial charge is 0.493 e. The number of nitrogens with zero attached hydrogens (tertiary/aromatic N) is 1. The zero-order chi connectivity index (χ0) is 11.4. The molecule has 0 bridgehead atoms. The van der Waals surface area contributed by atoms with Gasteiger partial charge in [-0.25, -0.2) is 0 Å². The molecule has 0 aliphatic heterocycles. The van der Waals surface area contributed by atoms with E-state index in [0.717, 1.165) is 0 Å². The van der Waals surface area contributed by atoms with Crippen molar-refractivity contribution in [1.29, 1.82) is 0 Å². The van der Waals surface area contributed by atoms with E-state index in [4.69, 9.17) is 4.74 Å². The number of ketones is 1. The van der Waals surface area contributed by atoms with Crippen LogP contribution in [0.1, 0.15) is 24.2 Å². The number of ether oxygens (including phenoxy) is 1. The van der Waals surface area contributed by atoms with E-state index in [1.54, 1.807) is 13.0 Å². The van der Waals surface area contributed by atoms with Gasteiger partial charge in [0.15, 0.2) is 5.78 Å². The maximum atomic E-state index is 11.3. The van der Waals surface area contributed by atoms with E-state index in [1.165, 1.54) is 19.1 Å². The third-order valence-electron chi connectivity index (χ3n) is 1.85. The summed E-state index contributed by atoms with van der Waals surface area (Å²) in [4.78, 5) is 21.4. The molecule has 0 saturated heterocycles. The Morgan fingerprint density at radius 1 is 1.53 bits per heavy atom. The lowest BCUT2D eigenvalue weighted by Gasteiger charge is -2.07. The van der Waals surface area contributed by atoms with Crippen LogP contribution < -0.4 is 4.74 Å². The van der Waals surface area contributed by atoms with Gasteiger partial charge < -0.3 is 4.74 Å². The first-order valence-corrected chi connectivity index (χ1v) is 4.49. The smallest absolute Gasteiger partial charge is 0.283 e. The summed E-state index contributed by atoms with van der Waals surface area (Å²) in [5.74, 6) is -0.107. The van der Waals surface area contributed by atoms with Gasteiger partial charge in [0, 0.05) is 6.07 Å². The molecular formula is C10H11NO4. The van der Waals surface area contributed by atoms with Gasteiger partial charge in [0.05, 0.1) is 11.5 Å². The van der Waals surface area contributed by atoms with Gasteiger partial charge in [-0.15, -0.1) is 0 Å². The van der Waals surface area contributed by atoms with Gasteiger partial charge >= 0.3 is 0 Å². The molecule has 1 rings (SSSR count). The molecule has 0 aromatic heterocycles. The Hall–Kier alpha value is -1.91. The van der Waals surface area contributed by atoms with Crippen LogP contribution in [-0.4, -0.2) is 17.3 Å². The van der Waals surface area contributed by atoms with Gasteiger partial charge in [0.2, 0.25) is 0 Å². The van der Waals surface area contributed by atoms with Gasteiger partial charge in [0.25, 0.3) is 5.69 Å². The molecule has 0 spiro atoms. The number of nitro groups is 1. The predicted molar refractivity (Wildman–Crippen MR) is 54.3 cm³/mol. The molecule has 1 aromatic rings. The molecular weight excluding hydrogens is 198 g/mol. The second-order valence-electron chi connectivity index (χ2n) is 2.90. The molecule has 0 radical (unpaired) electrons. The lowest BCUT2D eigenvalue weighted by molar-refractivity contribution is -0.385. The van der Waals surface area contributed by atoms with Crippen molar-refractivity contribution in [3.8, 4) is 5.75 Å². The summed E-state index contributed by atoms with van der Waals surface area (Å²) in [6.45, 7) is 3.40. The maximum absolute atomic E-state index is 11.3. The van der Waals surface area contributed by atoms with E-state index in [9.17, 15) is 14.9 Å². The maximum Gasteiger partial charge on any atom is 0.283 e. The van der Waals surface area contributed by atoms with E-state index in [-0.39, 0.29) is 22.8 Å². The first kappa shape index (κ1) is 11.2. The molecule has 1 aromatic carbocycles. The van der Waals surface area contributed by atoms with Crippen molar-refractivity contribution in [2.45, 2.75) is 13.8 Å². The van der Waals surface area contributed by atoms with E-state index in [1.807, 2.05) is 0 Å². The Labute approximate surface area is 86.8 Å². The van der Waals surface area contributed by atoms with Crippen molar-refractivity contribution in [3.63, 3.8) is 0 Å². The molecule has 0 saturated carbocycles. The predicted octanol–water partition coefficient (Wildman–Crippen LogP) is 2.20. The summed E-state index contributed by atoms with van der Waals surface area (Å²) in [6, 6.07) is 4.34. The van der Waals surface area contributed by atoms with E-state index in [2.05, 4.69) is 0 Å². The highest BCUT2D eigenvalue weighted by atomic mass is 16.6. The van der Waals surface area contributed by atoms with Gasteiger partial charge in [-0.3, -0.25) is 14.9 Å². The summed E-state index contributed by atoms with van der Waals surface area (Å²) in [6.07, 6.45) is 0. The monoisotopic (exact) mass is 209 g/mol. The number of hydrogen-bond donors (Lipinski definition) is 0. The molecule has 5 heteroatoms. The number of rotatable bonds is 4. The lowest BCUT2D eigenvalue weighted by Crippen LogP contribution is -2.04. The van der Waals surface area contributed by atoms with Crippen LogP contribution in [0.2, 0.25) is 0 Å². The van der Waals surface area contributed by atoms with Gasteiger partial charge in [-0.2, -0.15) is 0 Å². The number of nitro benzene ring substituents is 1. The fraction of sp³-hybridized carbons (Fsp3) is 0.300. The average Bonchev–Trinajstić information content (AvgIpc) is 2.17. The quantitative estimate of drug-likeness (QED) is 0.433. The minimum absolute atomic E-state index is 0.0318. The molecule has 5 nitrogen and oxygen atoms in total. The highest BCUT2D eigenvalue weighted by Gasteiger charge is 2.21. The summed E-state index contributed by atoms with van der Waals surface area (Å²) in [5, 5.41) is 10.7. The standard InChI is InChI=1S/C10H11NO4/c1-3-15-9-6-4-5-8(11(13)14)10(9)7(2)12/h4-6H,3H2,1-2H3. The number of carbonyl (C=O) groups is 1. The van der Waals surface area contributed by atoms with Crippen LogP contribution in [0.5, 0.6) is 5.75 Å². The van der Waals surface area contributed by atoms with Crippen LogP contribution in [0.25, 0.3) is 0 Å². The van der Waals surface area contributed by atoms with Crippen molar-refractivity contribution >= 4 is 11.5 Å². The Balaban J connectivity index is 3.34. The van der Waals surface area contributed by atoms with Crippen molar-refractivity contribution in [2.24, 2.45) is 0 Å². The Morgan fingerprint density at radius 3 is 2.67 bits per heavy atom. The fourth-order valence-electron chi connectivity index (χ4n) is 1.30. The van der Waals surface area contributed by atoms with Crippen LogP contribution in [0, 0.1) is 10.1 Å². The highest BCUT2D eigenvalue weighted by Crippen LogP contribution is 2.28. The fourth-order valence-corrected chi connectivity index (χ4v) is 1.30. The topological polar surface area (TPSA) is 69.4 Å². The number of hydrogen-bond acceptors (Lipinski definition) is 4. The lowest BCUT2D eigenvalue weighted by atomic mass is 10.1. The first-order valence-electron chi connectivity index (χ1n) is 4.49. The Morgan fingerprint density at radius 2 is 2.20 bits per heavy atom. The van der Waals surface area contributed by atoms with Crippen LogP contribution in [0.3, 0.4) is 0 Å². The average molecular weight is 209 g/mol. The second kappa shape index (κ2) is 4.54. The van der Waals surface area contributed by atoms with Crippen LogP contribution in [0.15, 0.2) is 18.2 Å². The molecule has 0 atom stereocenters. The summed E-state index contributed by atoms with van der Waals surface area (Å²) in [7, 11) is 0. The second-order valence-corrected chi connectivity index (χ2v) is 2.90. The zero-order valence-electron chi connectivity index (χ0n) is 8.52. The van der Waals surface area contributed by atoms with Crippen molar-refractivity contribution < 1.29 is 14.5 Å². The van der Waals surface area contributed by atoms with Crippen molar-refractivity contribution in [2.75, 3.05) is 6.61 Å². The van der Waals surface area contributed by atoms with Crippen molar-refractivity contribution in [1.82, 2.24) is 0 Å². The van der Waals surface area contributed by atoms with E-state index in [0.29, 0.717) is 6.61 Å². The first-order chi connectivity index (χ1) is 7.07. The Kier molecular flexibility index (Phi) is 3.38. The molecule has 0 N–H and O–H groups in total. The number of benzene rings is 1. The number of Topliss-reactive ketones (excluding diaryl/α,β-unsaturated/α-hetero) is 1. The molecule has 80 valence electrons. The highest BCUT2D eigenvalue weighted by molar-refractivity contribution is 6.00. The van der Waals surface area contributed by atoms with Crippen LogP contribution in [0.4, 0.5) is 5.69 Å². The SMILES string of the molecule is CCOc1cccc([N+](=O)[O-])c1C(C)=O. The molecule has 15 heavy (non-hydrogen) atoms. The summed E-state index contributed by atoms with van der Waals surface area (Å²) < 4.78 is 5.16. The van der Waals surface area contributed by atoms with E-state index < -0.39 is 4.92 Å². The minimum atomic E-state index is -0.584. The molecule has 0 unspecified atom stereocenters. The molecule has 0 heterocycles. The molecule has 0 aliphatic carbocycles. The van der Waals surface area contributed by atoms with Crippen LogP contribution in [-0.2, 0) is 0 Å². The van der Waals surface area contributed by atoms with E-state index >= 15 is 0 Å². The molecule has 0 fully saturated rings. The minimum Gasteiger partial charge on any atom is -0.493 e. The zero-order valence-corrected chi connectivity index (χ0v) is 8.52. The third kappa shape index (κ3) is 2.31. The molecule has 0 amide bonds. The summed E-state index contributed by atoms with van der Waals surface area (Å²) in [5.41, 5.74) is -0.183. The van der Waals surface area contributed by atoms with Gasteiger partial charge in [-0.05, 0) is 19.9 Å². The normalized spacial score (nSPS) is 9.73. The van der Waals surface area contributed by atoms with Crippen LogP contribution >= 0.6 is 0 Å². The molecule has 0 aliphatic rings. The third-order valence-corrected chi connectivity index (χ3v) is 1.85. The van der Waals surface area contributed by atoms with Crippen molar-refractivity contribution in [3.05, 3.63) is 33.9 Å². The van der Waals surface area contributed by atoms with Gasteiger partial charge in [-0.1, -0.05) is 6.07 Å². The van der Waals surface area contributed by atoms with Gasteiger partial charge in [0.1, 0.15) is 11.3 Å². The number of carbonyl (C=O) groups excluding carboxylic acids is 1.